The molecule has 1 saturated carbocycles. The van der Waals surface area contributed by atoms with Crippen LogP contribution in [0.5, 0.6) is 5.75 Å². The highest BCUT2D eigenvalue weighted by Crippen LogP contribution is 2.47. The molecule has 0 radical (unpaired) electrons. The molecule has 9 nitrogen and oxygen atoms in total. The molecule has 2 atom stereocenters. The van der Waals surface area contributed by atoms with Crippen molar-refractivity contribution in [2.45, 2.75) is 45.1 Å². The summed E-state index contributed by atoms with van der Waals surface area (Å²) in [6.07, 6.45) is 2.49. The summed E-state index contributed by atoms with van der Waals surface area (Å²) in [5, 5.41) is 17.3. The summed E-state index contributed by atoms with van der Waals surface area (Å²) in [4.78, 5) is 42.5. The second-order valence-corrected chi connectivity index (χ2v) is 9.10. The van der Waals surface area contributed by atoms with Gasteiger partial charge in [0.1, 0.15) is 23.5 Å². The zero-order valence-corrected chi connectivity index (χ0v) is 21.6. The van der Waals surface area contributed by atoms with Crippen LogP contribution in [-0.2, 0) is 0 Å². The van der Waals surface area contributed by atoms with Gasteiger partial charge in [-0.1, -0.05) is 13.0 Å². The standard InChI is InChI=1S/C29H28FN5O4/c1-3-6-24(36)20-10-11-22(30)26(27(20)39-28(37)18-7-5-8-19(13-18)32-4-2)21-14-23(21)34-29(38)35-25-12-9-17(15-31)16-33-25/h5,7-13,16,21,23,32H,3-4,6,14H2,1-2H3,(H2,33,34,35,38)/t21-,23+/m0/s1. The van der Waals surface area contributed by atoms with Gasteiger partial charge in [-0.3, -0.25) is 10.1 Å². The van der Waals surface area contributed by atoms with Crippen molar-refractivity contribution in [1.29, 1.82) is 5.26 Å². The minimum atomic E-state index is -0.720. The van der Waals surface area contributed by atoms with Crippen molar-refractivity contribution in [2.24, 2.45) is 0 Å². The van der Waals surface area contributed by atoms with Gasteiger partial charge in [0.05, 0.1) is 16.7 Å². The molecule has 2 aromatic carbocycles. The van der Waals surface area contributed by atoms with E-state index in [1.165, 1.54) is 30.5 Å². The Morgan fingerprint density at radius 1 is 1.15 bits per heavy atom. The molecule has 0 saturated heterocycles. The van der Waals surface area contributed by atoms with Gasteiger partial charge in [0.15, 0.2) is 5.78 Å². The number of Topliss-reactive ketones (excluding diaryl/α,β-unsaturated/α-hetero) is 1. The molecule has 1 heterocycles. The smallest absolute Gasteiger partial charge is 0.343 e. The number of urea groups is 1. The number of ketones is 1. The van der Waals surface area contributed by atoms with Crippen LogP contribution in [0.15, 0.2) is 54.7 Å². The maximum atomic E-state index is 15.2. The Bertz CT molecular complexity index is 1430. The molecule has 0 bridgehead atoms. The molecule has 2 amide bonds. The number of benzene rings is 2. The molecule has 0 spiro atoms. The van der Waals surface area contributed by atoms with E-state index in [4.69, 9.17) is 10.00 Å². The first-order valence-corrected chi connectivity index (χ1v) is 12.7. The fourth-order valence-corrected chi connectivity index (χ4v) is 4.25. The van der Waals surface area contributed by atoms with Crippen LogP contribution < -0.4 is 20.7 Å². The molecule has 39 heavy (non-hydrogen) atoms. The average Bonchev–Trinajstić information content (AvgIpc) is 3.67. The van der Waals surface area contributed by atoms with E-state index in [1.807, 2.05) is 26.0 Å². The van der Waals surface area contributed by atoms with Crippen molar-refractivity contribution in [3.8, 4) is 11.8 Å². The molecule has 3 aromatic rings. The zero-order valence-electron chi connectivity index (χ0n) is 21.6. The molecule has 200 valence electrons. The fourth-order valence-electron chi connectivity index (χ4n) is 4.25. The molecule has 0 aliphatic heterocycles. The van der Waals surface area contributed by atoms with Crippen LogP contribution in [-0.4, -0.2) is 35.4 Å². The Morgan fingerprint density at radius 2 is 1.97 bits per heavy atom. The van der Waals surface area contributed by atoms with Crippen LogP contribution in [0.25, 0.3) is 0 Å². The monoisotopic (exact) mass is 529 g/mol. The van der Waals surface area contributed by atoms with Crippen molar-refractivity contribution in [2.75, 3.05) is 17.2 Å². The Balaban J connectivity index is 1.57. The number of carbonyl (C=O) groups is 3. The lowest BCUT2D eigenvalue weighted by Crippen LogP contribution is -2.31. The van der Waals surface area contributed by atoms with E-state index in [0.717, 1.165) is 5.69 Å². The van der Waals surface area contributed by atoms with Gasteiger partial charge in [0.25, 0.3) is 0 Å². The number of halogens is 1. The van der Waals surface area contributed by atoms with Crippen molar-refractivity contribution >= 4 is 29.3 Å². The fraction of sp³-hybridized carbons (Fsp3) is 0.276. The van der Waals surface area contributed by atoms with Gasteiger partial charge >= 0.3 is 12.0 Å². The number of ether oxygens (including phenoxy) is 1. The molecule has 10 heteroatoms. The van der Waals surface area contributed by atoms with Crippen molar-refractivity contribution in [3.05, 3.63) is 82.8 Å². The highest BCUT2D eigenvalue weighted by atomic mass is 19.1. The lowest BCUT2D eigenvalue weighted by molar-refractivity contribution is 0.0730. The van der Waals surface area contributed by atoms with E-state index >= 15 is 4.39 Å². The zero-order chi connectivity index (χ0) is 27.9. The molecule has 1 fully saturated rings. The minimum Gasteiger partial charge on any atom is -0.422 e. The third kappa shape index (κ3) is 6.57. The number of hydrogen-bond acceptors (Lipinski definition) is 7. The molecule has 4 rings (SSSR count). The Morgan fingerprint density at radius 3 is 2.67 bits per heavy atom. The number of rotatable bonds is 10. The summed E-state index contributed by atoms with van der Waals surface area (Å²) in [5.74, 6) is -1.99. The largest absolute Gasteiger partial charge is 0.422 e. The van der Waals surface area contributed by atoms with Crippen LogP contribution in [0.2, 0.25) is 0 Å². The molecular formula is C29H28FN5O4. The number of nitrogens with one attached hydrogen (secondary N) is 3. The predicted octanol–water partition coefficient (Wildman–Crippen LogP) is 5.40. The van der Waals surface area contributed by atoms with E-state index < -0.39 is 29.8 Å². The van der Waals surface area contributed by atoms with Gasteiger partial charge < -0.3 is 15.4 Å². The van der Waals surface area contributed by atoms with Gasteiger partial charge in [0.2, 0.25) is 0 Å². The number of pyridine rings is 1. The number of esters is 1. The van der Waals surface area contributed by atoms with Gasteiger partial charge in [-0.15, -0.1) is 0 Å². The van der Waals surface area contributed by atoms with Gasteiger partial charge in [-0.2, -0.15) is 5.26 Å². The molecule has 1 aliphatic rings. The van der Waals surface area contributed by atoms with Crippen LogP contribution in [0.1, 0.15) is 70.9 Å². The van der Waals surface area contributed by atoms with E-state index in [-0.39, 0.29) is 40.5 Å². The van der Waals surface area contributed by atoms with Gasteiger partial charge in [-0.25, -0.2) is 19.0 Å². The van der Waals surface area contributed by atoms with Crippen LogP contribution in [0, 0.1) is 17.1 Å². The van der Waals surface area contributed by atoms with Crippen molar-refractivity contribution in [1.82, 2.24) is 10.3 Å². The van der Waals surface area contributed by atoms with Gasteiger partial charge in [0, 0.05) is 42.4 Å². The number of aromatic nitrogens is 1. The summed E-state index contributed by atoms with van der Waals surface area (Å²) in [6.45, 7) is 4.44. The van der Waals surface area contributed by atoms with E-state index in [1.54, 1.807) is 18.2 Å². The van der Waals surface area contributed by atoms with Crippen LogP contribution in [0.3, 0.4) is 0 Å². The normalized spacial score (nSPS) is 15.5. The van der Waals surface area contributed by atoms with Crippen LogP contribution in [0.4, 0.5) is 20.7 Å². The lowest BCUT2D eigenvalue weighted by atomic mass is 9.99. The second-order valence-electron chi connectivity index (χ2n) is 9.10. The quantitative estimate of drug-likeness (QED) is 0.182. The summed E-state index contributed by atoms with van der Waals surface area (Å²) < 4.78 is 21.0. The van der Waals surface area contributed by atoms with Crippen molar-refractivity contribution in [3.63, 3.8) is 0 Å². The third-order valence-corrected chi connectivity index (χ3v) is 6.21. The Hall–Kier alpha value is -4.78. The average molecular weight is 530 g/mol. The number of nitrogens with zero attached hydrogens (tertiary/aromatic N) is 2. The van der Waals surface area contributed by atoms with Gasteiger partial charge in [-0.05, 0) is 62.2 Å². The molecule has 1 aromatic heterocycles. The SMILES string of the molecule is CCCC(=O)c1ccc(F)c([C@H]2C[C@H]2NC(=O)Nc2ccc(C#N)cn2)c1OC(=O)c1cccc(NCC)c1. The Labute approximate surface area is 225 Å². The second kappa shape index (κ2) is 12.2. The highest BCUT2D eigenvalue weighted by molar-refractivity contribution is 6.01. The number of carbonyl (C=O) groups excluding carboxylic acids is 3. The topological polar surface area (TPSA) is 133 Å². The van der Waals surface area contributed by atoms with Crippen LogP contribution >= 0.6 is 0 Å². The third-order valence-electron chi connectivity index (χ3n) is 6.21. The maximum absolute atomic E-state index is 15.2. The molecule has 0 unspecified atom stereocenters. The summed E-state index contributed by atoms with van der Waals surface area (Å²) >= 11 is 0. The van der Waals surface area contributed by atoms with Crippen molar-refractivity contribution < 1.29 is 23.5 Å². The first-order valence-electron chi connectivity index (χ1n) is 12.7. The summed E-state index contributed by atoms with van der Waals surface area (Å²) in [6, 6.07) is 13.2. The summed E-state index contributed by atoms with van der Waals surface area (Å²) in [7, 11) is 0. The highest BCUT2D eigenvalue weighted by Gasteiger charge is 2.44. The maximum Gasteiger partial charge on any atom is 0.343 e. The van der Waals surface area contributed by atoms with E-state index in [9.17, 15) is 14.4 Å². The molecule has 1 aliphatic carbocycles. The number of nitriles is 1. The predicted molar refractivity (Wildman–Crippen MR) is 143 cm³/mol. The first-order chi connectivity index (χ1) is 18.8. The minimum absolute atomic E-state index is 0.0786. The van der Waals surface area contributed by atoms with E-state index in [2.05, 4.69) is 20.9 Å². The summed E-state index contributed by atoms with van der Waals surface area (Å²) in [5.41, 5.74) is 1.53. The molecular weight excluding hydrogens is 501 g/mol. The number of hydrogen-bond donors (Lipinski definition) is 3. The molecule has 3 N–H and O–H groups in total. The lowest BCUT2D eigenvalue weighted by Gasteiger charge is -2.16. The van der Waals surface area contributed by atoms with E-state index in [0.29, 0.717) is 24.9 Å². The number of amides is 2. The number of anilines is 2. The Kier molecular flexibility index (Phi) is 8.51. The first kappa shape index (κ1) is 27.3.